The molecular formula is C18H26N2O3. The first-order valence-corrected chi connectivity index (χ1v) is 8.21. The molecule has 23 heavy (non-hydrogen) atoms. The second kappa shape index (κ2) is 7.49. The molecule has 0 bridgehead atoms. The number of aryl methyl sites for hydroxylation is 1. The molecule has 1 saturated carbocycles. The molecule has 3 atom stereocenters. The van der Waals surface area contributed by atoms with Gasteiger partial charge in [0.25, 0.3) is 5.91 Å². The quantitative estimate of drug-likeness (QED) is 0.660. The van der Waals surface area contributed by atoms with Crippen LogP contribution >= 0.6 is 0 Å². The van der Waals surface area contributed by atoms with Gasteiger partial charge in [0, 0.05) is 11.7 Å². The third-order valence-electron chi connectivity index (χ3n) is 4.90. The Morgan fingerprint density at radius 1 is 1.30 bits per heavy atom. The molecule has 0 spiro atoms. The molecule has 3 N–H and O–H groups in total. The Morgan fingerprint density at radius 3 is 2.74 bits per heavy atom. The smallest absolute Gasteiger partial charge is 0.338 e. The number of carbonyl (C=O) groups excluding carboxylic acids is 2. The van der Waals surface area contributed by atoms with Gasteiger partial charge in [-0.1, -0.05) is 32.8 Å². The SMILES string of the molecule is Cc1ccc(C(=O)OCC(=O)NC2CCCC(C)C2C)cc1N. The van der Waals surface area contributed by atoms with E-state index in [1.807, 2.05) is 6.92 Å². The number of nitrogens with two attached hydrogens (primary N) is 1. The van der Waals surface area contributed by atoms with Crippen molar-refractivity contribution in [2.45, 2.75) is 46.1 Å². The summed E-state index contributed by atoms with van der Waals surface area (Å²) in [6, 6.07) is 5.15. The van der Waals surface area contributed by atoms with Crippen molar-refractivity contribution in [1.29, 1.82) is 0 Å². The van der Waals surface area contributed by atoms with Crippen LogP contribution in [0.2, 0.25) is 0 Å². The Balaban J connectivity index is 1.84. The van der Waals surface area contributed by atoms with Crippen LogP contribution in [0.15, 0.2) is 18.2 Å². The maximum absolute atomic E-state index is 12.0. The van der Waals surface area contributed by atoms with Crippen LogP contribution in [0.1, 0.15) is 49.0 Å². The van der Waals surface area contributed by atoms with E-state index in [1.165, 1.54) is 6.42 Å². The fourth-order valence-electron chi connectivity index (χ4n) is 3.02. The number of hydrogen-bond acceptors (Lipinski definition) is 4. The van der Waals surface area contributed by atoms with Gasteiger partial charge in [-0.05, 0) is 42.9 Å². The first-order valence-electron chi connectivity index (χ1n) is 8.21. The summed E-state index contributed by atoms with van der Waals surface area (Å²) in [6.07, 6.45) is 3.32. The van der Waals surface area contributed by atoms with Crippen molar-refractivity contribution in [3.8, 4) is 0 Å². The van der Waals surface area contributed by atoms with Gasteiger partial charge in [-0.2, -0.15) is 0 Å². The monoisotopic (exact) mass is 318 g/mol. The molecule has 126 valence electrons. The zero-order chi connectivity index (χ0) is 17.0. The second-order valence-electron chi connectivity index (χ2n) is 6.59. The van der Waals surface area contributed by atoms with E-state index in [-0.39, 0.29) is 18.6 Å². The minimum absolute atomic E-state index is 0.167. The minimum atomic E-state index is -0.531. The molecule has 0 radical (unpaired) electrons. The fraction of sp³-hybridized carbons (Fsp3) is 0.556. The molecule has 0 aromatic heterocycles. The van der Waals surface area contributed by atoms with Crippen LogP contribution in [0.25, 0.3) is 0 Å². The van der Waals surface area contributed by atoms with Crippen molar-refractivity contribution in [3.63, 3.8) is 0 Å². The maximum atomic E-state index is 12.0. The number of amides is 1. The number of ether oxygens (including phenoxy) is 1. The fourth-order valence-corrected chi connectivity index (χ4v) is 3.02. The number of rotatable bonds is 4. The van der Waals surface area contributed by atoms with Gasteiger partial charge in [-0.15, -0.1) is 0 Å². The largest absolute Gasteiger partial charge is 0.452 e. The number of benzene rings is 1. The average Bonchev–Trinajstić information content (AvgIpc) is 2.52. The van der Waals surface area contributed by atoms with Gasteiger partial charge >= 0.3 is 5.97 Å². The molecule has 0 aliphatic heterocycles. The standard InChI is InChI=1S/C18H26N2O3/c1-11-5-4-6-16(13(11)3)20-17(21)10-23-18(22)14-8-7-12(2)15(19)9-14/h7-9,11,13,16H,4-6,10,19H2,1-3H3,(H,20,21). The van der Waals surface area contributed by atoms with E-state index in [2.05, 4.69) is 19.2 Å². The lowest BCUT2D eigenvalue weighted by molar-refractivity contribution is -0.125. The highest BCUT2D eigenvalue weighted by Gasteiger charge is 2.28. The van der Waals surface area contributed by atoms with Crippen LogP contribution in [0.5, 0.6) is 0 Å². The molecule has 0 saturated heterocycles. The molecule has 5 nitrogen and oxygen atoms in total. The van der Waals surface area contributed by atoms with E-state index in [4.69, 9.17) is 10.5 Å². The lowest BCUT2D eigenvalue weighted by Gasteiger charge is -2.34. The summed E-state index contributed by atoms with van der Waals surface area (Å²) < 4.78 is 5.08. The number of anilines is 1. The molecule has 1 aliphatic rings. The van der Waals surface area contributed by atoms with Gasteiger partial charge in [0.05, 0.1) is 5.56 Å². The van der Waals surface area contributed by atoms with Crippen LogP contribution in [-0.4, -0.2) is 24.5 Å². The number of esters is 1. The van der Waals surface area contributed by atoms with E-state index in [0.29, 0.717) is 23.1 Å². The number of nitrogen functional groups attached to an aromatic ring is 1. The Hall–Kier alpha value is -2.04. The first kappa shape index (κ1) is 17.3. The lowest BCUT2D eigenvalue weighted by Crippen LogP contribution is -2.45. The topological polar surface area (TPSA) is 81.4 Å². The summed E-state index contributed by atoms with van der Waals surface area (Å²) in [5.74, 6) is 0.272. The van der Waals surface area contributed by atoms with E-state index in [1.54, 1.807) is 18.2 Å². The molecule has 5 heteroatoms. The normalized spacial score (nSPS) is 24.0. The molecule has 1 aromatic carbocycles. The first-order chi connectivity index (χ1) is 10.9. The Kier molecular flexibility index (Phi) is 5.64. The Labute approximate surface area is 137 Å². The summed E-state index contributed by atoms with van der Waals surface area (Å²) in [6.45, 7) is 5.98. The third kappa shape index (κ3) is 4.47. The average molecular weight is 318 g/mol. The van der Waals surface area contributed by atoms with Gasteiger partial charge in [0.2, 0.25) is 0 Å². The van der Waals surface area contributed by atoms with E-state index >= 15 is 0 Å². The zero-order valence-electron chi connectivity index (χ0n) is 14.1. The van der Waals surface area contributed by atoms with E-state index in [0.717, 1.165) is 18.4 Å². The van der Waals surface area contributed by atoms with Crippen LogP contribution in [-0.2, 0) is 9.53 Å². The summed E-state index contributed by atoms with van der Waals surface area (Å²) in [7, 11) is 0. The molecule has 0 heterocycles. The van der Waals surface area contributed by atoms with Gasteiger partial charge in [-0.3, -0.25) is 4.79 Å². The van der Waals surface area contributed by atoms with E-state index < -0.39 is 5.97 Å². The van der Waals surface area contributed by atoms with Crippen molar-refractivity contribution in [3.05, 3.63) is 29.3 Å². The van der Waals surface area contributed by atoms with Gasteiger partial charge in [0.15, 0.2) is 6.61 Å². The van der Waals surface area contributed by atoms with Gasteiger partial charge < -0.3 is 15.8 Å². The number of nitrogens with one attached hydrogen (secondary N) is 1. The minimum Gasteiger partial charge on any atom is -0.452 e. The van der Waals surface area contributed by atoms with E-state index in [9.17, 15) is 9.59 Å². The highest BCUT2D eigenvalue weighted by atomic mass is 16.5. The predicted molar refractivity (Wildman–Crippen MR) is 90.0 cm³/mol. The van der Waals surface area contributed by atoms with Crippen molar-refractivity contribution in [1.82, 2.24) is 5.32 Å². The third-order valence-corrected chi connectivity index (χ3v) is 4.90. The summed E-state index contributed by atoms with van der Waals surface area (Å²) in [5.41, 5.74) is 7.58. The van der Waals surface area contributed by atoms with Crippen molar-refractivity contribution < 1.29 is 14.3 Å². The summed E-state index contributed by atoms with van der Waals surface area (Å²) in [4.78, 5) is 24.0. The molecule has 3 unspecified atom stereocenters. The molecular weight excluding hydrogens is 292 g/mol. The lowest BCUT2D eigenvalue weighted by atomic mass is 9.78. The summed E-state index contributed by atoms with van der Waals surface area (Å²) in [5, 5.41) is 2.99. The highest BCUT2D eigenvalue weighted by Crippen LogP contribution is 2.29. The maximum Gasteiger partial charge on any atom is 0.338 e. The second-order valence-corrected chi connectivity index (χ2v) is 6.59. The Morgan fingerprint density at radius 2 is 2.04 bits per heavy atom. The number of carbonyl (C=O) groups is 2. The zero-order valence-corrected chi connectivity index (χ0v) is 14.1. The van der Waals surface area contributed by atoms with Crippen molar-refractivity contribution in [2.75, 3.05) is 12.3 Å². The highest BCUT2D eigenvalue weighted by molar-refractivity contribution is 5.92. The van der Waals surface area contributed by atoms with Crippen molar-refractivity contribution in [2.24, 2.45) is 11.8 Å². The molecule has 1 amide bonds. The van der Waals surface area contributed by atoms with Crippen LogP contribution in [0, 0.1) is 18.8 Å². The molecule has 2 rings (SSSR count). The molecule has 1 aromatic rings. The summed E-state index contributed by atoms with van der Waals surface area (Å²) >= 11 is 0. The van der Waals surface area contributed by atoms with Crippen LogP contribution in [0.4, 0.5) is 5.69 Å². The van der Waals surface area contributed by atoms with Gasteiger partial charge in [-0.25, -0.2) is 4.79 Å². The van der Waals surface area contributed by atoms with Crippen LogP contribution < -0.4 is 11.1 Å². The molecule has 1 fully saturated rings. The van der Waals surface area contributed by atoms with Crippen molar-refractivity contribution >= 4 is 17.6 Å². The number of hydrogen-bond donors (Lipinski definition) is 2. The van der Waals surface area contributed by atoms with Crippen LogP contribution in [0.3, 0.4) is 0 Å². The van der Waals surface area contributed by atoms with Gasteiger partial charge in [0.1, 0.15) is 0 Å². The Bertz CT molecular complexity index is 586. The predicted octanol–water partition coefficient (Wildman–Crippen LogP) is 2.67. The molecule has 1 aliphatic carbocycles.